The molecule has 0 saturated carbocycles. The van der Waals surface area contributed by atoms with Gasteiger partial charge in [-0.05, 0) is 36.2 Å². The second-order valence-corrected chi connectivity index (χ2v) is 8.27. The Morgan fingerprint density at radius 1 is 1.16 bits per heavy atom. The van der Waals surface area contributed by atoms with Crippen LogP contribution >= 0.6 is 0 Å². The Balaban J connectivity index is 1.48. The summed E-state index contributed by atoms with van der Waals surface area (Å²) in [6.45, 7) is 4.14. The van der Waals surface area contributed by atoms with Gasteiger partial charge in [0.1, 0.15) is 17.9 Å². The number of hydrogen-bond acceptors (Lipinski definition) is 5. The second-order valence-electron chi connectivity index (χ2n) is 8.27. The highest BCUT2D eigenvalue weighted by molar-refractivity contribution is 5.88. The smallest absolute Gasteiger partial charge is 0.308 e. The van der Waals surface area contributed by atoms with E-state index in [1.807, 2.05) is 30.0 Å². The first kappa shape index (κ1) is 22.0. The summed E-state index contributed by atoms with van der Waals surface area (Å²) < 4.78 is 6.02. The maximum atomic E-state index is 13.5. The fourth-order valence-corrected chi connectivity index (χ4v) is 4.67. The van der Waals surface area contributed by atoms with Gasteiger partial charge in [0.25, 0.3) is 0 Å². The molecule has 0 radical (unpaired) electrons. The van der Waals surface area contributed by atoms with Gasteiger partial charge in [0.2, 0.25) is 5.91 Å². The number of aromatic nitrogens is 1. The van der Waals surface area contributed by atoms with Crippen LogP contribution in [0.25, 0.3) is 5.57 Å². The van der Waals surface area contributed by atoms with Gasteiger partial charge in [-0.25, -0.2) is 0 Å². The van der Waals surface area contributed by atoms with Gasteiger partial charge < -0.3 is 14.7 Å². The number of nitrogens with zero attached hydrogens (tertiary/aromatic N) is 3. The highest BCUT2D eigenvalue weighted by atomic mass is 16.5. The molecule has 0 spiro atoms. The highest BCUT2D eigenvalue weighted by Gasteiger charge is 2.46. The van der Waals surface area contributed by atoms with Crippen molar-refractivity contribution in [3.8, 4) is 5.75 Å². The van der Waals surface area contributed by atoms with Crippen molar-refractivity contribution in [1.82, 2.24) is 14.8 Å². The summed E-state index contributed by atoms with van der Waals surface area (Å²) in [6, 6.07) is 13.0. The molecule has 7 heteroatoms. The molecule has 1 saturated heterocycles. The maximum Gasteiger partial charge on any atom is 0.308 e. The number of piperidine rings is 1. The van der Waals surface area contributed by atoms with Crippen LogP contribution in [0.15, 0.2) is 60.9 Å². The molecule has 2 aromatic rings. The summed E-state index contributed by atoms with van der Waals surface area (Å²) in [5.41, 5.74) is 2.40. The number of hydrogen-bond donors (Lipinski definition) is 1. The molecule has 0 aliphatic carbocycles. The molecule has 4 rings (SSSR count). The van der Waals surface area contributed by atoms with Gasteiger partial charge in [-0.15, -0.1) is 0 Å². The molecule has 2 aliphatic rings. The Bertz CT molecular complexity index is 964. The maximum absolute atomic E-state index is 13.5. The molecule has 1 aromatic heterocycles. The molecule has 1 fully saturated rings. The predicted molar refractivity (Wildman–Crippen MR) is 121 cm³/mol. The first-order valence-corrected chi connectivity index (χ1v) is 11.1. The van der Waals surface area contributed by atoms with Gasteiger partial charge in [-0.1, -0.05) is 43.3 Å². The Labute approximate surface area is 188 Å². The summed E-state index contributed by atoms with van der Waals surface area (Å²) in [5.74, 6) is -1.22. The van der Waals surface area contributed by atoms with E-state index in [2.05, 4.69) is 23.2 Å². The molecule has 0 unspecified atom stereocenters. The van der Waals surface area contributed by atoms with Gasteiger partial charge in [0.05, 0.1) is 5.92 Å². The van der Waals surface area contributed by atoms with Gasteiger partial charge >= 0.3 is 5.97 Å². The molecule has 168 valence electrons. The van der Waals surface area contributed by atoms with Crippen molar-refractivity contribution in [1.29, 1.82) is 0 Å². The fraction of sp³-hybridized carbons (Fsp3) is 0.400. The van der Waals surface area contributed by atoms with E-state index in [0.29, 0.717) is 38.3 Å². The van der Waals surface area contributed by atoms with Crippen molar-refractivity contribution in [3.63, 3.8) is 0 Å². The van der Waals surface area contributed by atoms with E-state index in [9.17, 15) is 14.7 Å². The highest BCUT2D eigenvalue weighted by Crippen LogP contribution is 2.30. The van der Waals surface area contributed by atoms with E-state index in [1.165, 1.54) is 11.1 Å². The lowest BCUT2D eigenvalue weighted by Crippen LogP contribution is -2.60. The number of pyridine rings is 1. The number of amides is 1. The van der Waals surface area contributed by atoms with E-state index in [0.717, 1.165) is 6.42 Å². The molecular weight excluding hydrogens is 406 g/mol. The van der Waals surface area contributed by atoms with Crippen LogP contribution in [0.5, 0.6) is 5.75 Å². The van der Waals surface area contributed by atoms with Gasteiger partial charge in [0, 0.05) is 38.4 Å². The minimum Gasteiger partial charge on any atom is -0.489 e. The lowest BCUT2D eigenvalue weighted by molar-refractivity contribution is -0.157. The van der Waals surface area contributed by atoms with Crippen LogP contribution in [0.4, 0.5) is 0 Å². The summed E-state index contributed by atoms with van der Waals surface area (Å²) in [4.78, 5) is 33.4. The van der Waals surface area contributed by atoms with Crippen LogP contribution in [0, 0.1) is 5.92 Å². The largest absolute Gasteiger partial charge is 0.489 e. The number of likely N-dealkylation sites (N-methyl/N-ethyl adjacent to an activating group) is 1. The number of carbonyl (C=O) groups is 2. The first-order valence-electron chi connectivity index (χ1n) is 11.1. The number of likely N-dealkylation sites (tertiary alicyclic amines) is 1. The van der Waals surface area contributed by atoms with E-state index in [1.54, 1.807) is 29.4 Å². The molecule has 3 atom stereocenters. The number of benzene rings is 1. The lowest BCUT2D eigenvalue weighted by atomic mass is 9.86. The molecule has 7 nitrogen and oxygen atoms in total. The van der Waals surface area contributed by atoms with Crippen molar-refractivity contribution < 1.29 is 19.4 Å². The van der Waals surface area contributed by atoms with Crippen molar-refractivity contribution in [2.75, 3.05) is 26.2 Å². The van der Waals surface area contributed by atoms with Crippen molar-refractivity contribution in [3.05, 3.63) is 66.5 Å². The number of carboxylic acids is 1. The van der Waals surface area contributed by atoms with Crippen LogP contribution in [-0.2, 0) is 9.59 Å². The molecular formula is C25H29N3O4. The topological polar surface area (TPSA) is 83.0 Å². The Hall–Kier alpha value is -3.19. The third-order valence-corrected chi connectivity index (χ3v) is 6.32. The van der Waals surface area contributed by atoms with Crippen LogP contribution in [0.1, 0.15) is 25.3 Å². The molecule has 0 bridgehead atoms. The fourth-order valence-electron chi connectivity index (χ4n) is 4.67. The second kappa shape index (κ2) is 9.96. The zero-order valence-electron chi connectivity index (χ0n) is 18.3. The molecule has 1 N–H and O–H groups in total. The van der Waals surface area contributed by atoms with E-state index >= 15 is 0 Å². The lowest BCUT2D eigenvalue weighted by Gasteiger charge is -2.43. The number of aliphatic carboxylic acids is 1. The standard InChI is InChI=1S/C25H29N3O4/c1-2-27-17-21(32-20-8-12-26-13-9-20)16-22(25(30)31)23(27)24(29)28-14-10-19(11-15-28)18-6-4-3-5-7-18/h3-10,12-13,21-23H,2,11,14-17H2,1H3,(H,30,31)/t21-,22-,23-/m0/s1. The average molecular weight is 436 g/mol. The number of rotatable bonds is 6. The molecule has 1 aromatic carbocycles. The number of ether oxygens (including phenoxy) is 1. The SMILES string of the molecule is CCN1C[C@@H](Oc2ccncc2)C[C@H](C(=O)O)[C@H]1C(=O)N1CC=C(c2ccccc2)CC1. The third-order valence-electron chi connectivity index (χ3n) is 6.32. The van der Waals surface area contributed by atoms with E-state index in [-0.39, 0.29) is 12.0 Å². The normalized spacial score (nSPS) is 24.0. The Morgan fingerprint density at radius 2 is 1.91 bits per heavy atom. The van der Waals surface area contributed by atoms with E-state index < -0.39 is 17.9 Å². The third kappa shape index (κ3) is 4.83. The van der Waals surface area contributed by atoms with E-state index in [4.69, 9.17) is 4.74 Å². The summed E-state index contributed by atoms with van der Waals surface area (Å²) in [7, 11) is 0. The van der Waals surface area contributed by atoms with Crippen molar-refractivity contribution in [2.45, 2.75) is 31.9 Å². The molecule has 1 amide bonds. The minimum atomic E-state index is -0.956. The van der Waals surface area contributed by atoms with Gasteiger partial charge in [-0.2, -0.15) is 0 Å². The molecule has 2 aliphatic heterocycles. The summed E-state index contributed by atoms with van der Waals surface area (Å²) in [6.07, 6.45) is 6.13. The van der Waals surface area contributed by atoms with Crippen LogP contribution in [0.3, 0.4) is 0 Å². The van der Waals surface area contributed by atoms with Crippen LogP contribution in [-0.4, -0.2) is 70.1 Å². The Morgan fingerprint density at radius 3 is 2.53 bits per heavy atom. The predicted octanol–water partition coefficient (Wildman–Crippen LogP) is 2.94. The quantitative estimate of drug-likeness (QED) is 0.751. The first-order chi connectivity index (χ1) is 15.6. The molecule has 3 heterocycles. The van der Waals surface area contributed by atoms with Crippen LogP contribution < -0.4 is 4.74 Å². The summed E-state index contributed by atoms with van der Waals surface area (Å²) in [5, 5.41) is 9.97. The number of carbonyl (C=O) groups excluding carboxylic acids is 1. The monoisotopic (exact) mass is 435 g/mol. The zero-order valence-corrected chi connectivity index (χ0v) is 18.3. The number of carboxylic acid groups (broad SMARTS) is 1. The van der Waals surface area contributed by atoms with Crippen molar-refractivity contribution in [2.24, 2.45) is 5.92 Å². The molecule has 32 heavy (non-hydrogen) atoms. The average Bonchev–Trinajstić information content (AvgIpc) is 2.84. The zero-order chi connectivity index (χ0) is 22.5. The van der Waals surface area contributed by atoms with Crippen molar-refractivity contribution >= 4 is 17.4 Å². The van der Waals surface area contributed by atoms with Gasteiger partial charge in [-0.3, -0.25) is 19.5 Å². The van der Waals surface area contributed by atoms with Crippen LogP contribution in [0.2, 0.25) is 0 Å². The van der Waals surface area contributed by atoms with Gasteiger partial charge in [0.15, 0.2) is 0 Å². The Kier molecular flexibility index (Phi) is 6.85. The minimum absolute atomic E-state index is 0.107. The summed E-state index contributed by atoms with van der Waals surface area (Å²) >= 11 is 0.